The third kappa shape index (κ3) is 2.83. The van der Waals surface area contributed by atoms with Crippen LogP contribution in [0, 0.1) is 11.6 Å². The minimum absolute atomic E-state index is 0.0136. The van der Waals surface area contributed by atoms with Crippen molar-refractivity contribution in [3.8, 4) is 0 Å². The van der Waals surface area contributed by atoms with E-state index in [-0.39, 0.29) is 11.4 Å². The Morgan fingerprint density at radius 3 is 1.89 bits per heavy atom. The zero-order chi connectivity index (χ0) is 13.3. The van der Waals surface area contributed by atoms with Gasteiger partial charge in [0.25, 0.3) is 0 Å². The number of nitrogens with one attached hydrogen (secondary N) is 1. The van der Waals surface area contributed by atoms with Gasteiger partial charge in [0.15, 0.2) is 11.6 Å². The molecule has 2 rings (SSSR count). The number of nitrogens with two attached hydrogens (primary N) is 1. The van der Waals surface area contributed by atoms with Crippen molar-refractivity contribution in [1.29, 1.82) is 0 Å². The standard InChI is InChI=1S/C12H8Cl2F2N2/c13-6-1-7(14)3-9(2-6)18-12-10(15)4-8(17)5-11(12)16/h1-5,18H,17H2. The highest BCUT2D eigenvalue weighted by Gasteiger charge is 2.11. The summed E-state index contributed by atoms with van der Waals surface area (Å²) in [5.74, 6) is -1.58. The number of nitrogen functional groups attached to an aromatic ring is 1. The van der Waals surface area contributed by atoms with E-state index < -0.39 is 11.6 Å². The topological polar surface area (TPSA) is 38.0 Å². The van der Waals surface area contributed by atoms with Gasteiger partial charge in [0.1, 0.15) is 5.69 Å². The number of halogens is 4. The second-order valence-corrected chi connectivity index (χ2v) is 4.52. The van der Waals surface area contributed by atoms with Crippen LogP contribution in [-0.2, 0) is 0 Å². The van der Waals surface area contributed by atoms with Gasteiger partial charge in [-0.25, -0.2) is 8.78 Å². The van der Waals surface area contributed by atoms with Crippen LogP contribution in [0.4, 0.5) is 25.8 Å². The van der Waals surface area contributed by atoms with E-state index in [4.69, 9.17) is 28.9 Å². The maximum atomic E-state index is 13.5. The zero-order valence-electron chi connectivity index (χ0n) is 8.98. The Hall–Kier alpha value is -1.52. The fraction of sp³-hybridized carbons (Fsp3) is 0. The van der Waals surface area contributed by atoms with Crippen molar-refractivity contribution in [3.63, 3.8) is 0 Å². The van der Waals surface area contributed by atoms with Crippen LogP contribution >= 0.6 is 23.2 Å². The van der Waals surface area contributed by atoms with Crippen LogP contribution < -0.4 is 11.1 Å². The van der Waals surface area contributed by atoms with E-state index in [9.17, 15) is 8.78 Å². The van der Waals surface area contributed by atoms with Gasteiger partial charge in [-0.15, -0.1) is 0 Å². The quantitative estimate of drug-likeness (QED) is 0.793. The van der Waals surface area contributed by atoms with Crippen molar-refractivity contribution < 1.29 is 8.78 Å². The van der Waals surface area contributed by atoms with Crippen LogP contribution in [-0.4, -0.2) is 0 Å². The highest BCUT2D eigenvalue weighted by molar-refractivity contribution is 6.35. The maximum Gasteiger partial charge on any atom is 0.151 e. The summed E-state index contributed by atoms with van der Waals surface area (Å²) in [6.07, 6.45) is 0. The van der Waals surface area contributed by atoms with Crippen LogP contribution in [0.15, 0.2) is 30.3 Å². The molecule has 0 amide bonds. The normalized spacial score (nSPS) is 10.4. The Morgan fingerprint density at radius 1 is 0.889 bits per heavy atom. The number of hydrogen-bond acceptors (Lipinski definition) is 2. The molecule has 0 spiro atoms. The Bertz CT molecular complexity index is 559. The first-order valence-corrected chi connectivity index (χ1v) is 5.69. The Balaban J connectivity index is 2.40. The van der Waals surface area contributed by atoms with Crippen LogP contribution in [0.3, 0.4) is 0 Å². The number of rotatable bonds is 2. The molecule has 18 heavy (non-hydrogen) atoms. The van der Waals surface area contributed by atoms with Gasteiger partial charge in [0.05, 0.1) is 0 Å². The molecule has 2 nitrogen and oxygen atoms in total. The molecular weight excluding hydrogens is 281 g/mol. The van der Waals surface area contributed by atoms with Gasteiger partial charge in [-0.3, -0.25) is 0 Å². The molecule has 0 heterocycles. The molecule has 0 saturated heterocycles. The van der Waals surface area contributed by atoms with Gasteiger partial charge in [0.2, 0.25) is 0 Å². The van der Waals surface area contributed by atoms with Crippen molar-refractivity contribution >= 4 is 40.3 Å². The molecule has 0 radical (unpaired) electrons. The molecule has 6 heteroatoms. The van der Waals surface area contributed by atoms with Gasteiger partial charge >= 0.3 is 0 Å². The first kappa shape index (κ1) is 12.9. The van der Waals surface area contributed by atoms with Crippen molar-refractivity contribution in [2.45, 2.75) is 0 Å². The lowest BCUT2D eigenvalue weighted by Gasteiger charge is -2.10. The molecule has 3 N–H and O–H groups in total. The summed E-state index contributed by atoms with van der Waals surface area (Å²) >= 11 is 11.6. The van der Waals surface area contributed by atoms with Crippen molar-refractivity contribution in [1.82, 2.24) is 0 Å². The summed E-state index contributed by atoms with van der Waals surface area (Å²) in [6, 6.07) is 6.57. The van der Waals surface area contributed by atoms with Gasteiger partial charge in [-0.1, -0.05) is 23.2 Å². The predicted molar refractivity (Wildman–Crippen MR) is 70.5 cm³/mol. The Kier molecular flexibility index (Phi) is 3.59. The second-order valence-electron chi connectivity index (χ2n) is 3.64. The van der Waals surface area contributed by atoms with E-state index in [0.29, 0.717) is 15.7 Å². The van der Waals surface area contributed by atoms with Crippen LogP contribution in [0.2, 0.25) is 10.0 Å². The molecule has 94 valence electrons. The van der Waals surface area contributed by atoms with Crippen LogP contribution in [0.25, 0.3) is 0 Å². The molecule has 0 bridgehead atoms. The fourth-order valence-electron chi connectivity index (χ4n) is 1.48. The molecule has 0 aliphatic heterocycles. The van der Waals surface area contributed by atoms with Gasteiger partial charge in [-0.05, 0) is 30.3 Å². The van der Waals surface area contributed by atoms with Gasteiger partial charge < -0.3 is 11.1 Å². The third-order valence-corrected chi connectivity index (χ3v) is 2.63. The second kappa shape index (κ2) is 5.00. The monoisotopic (exact) mass is 288 g/mol. The average Bonchev–Trinajstić information content (AvgIpc) is 2.22. The highest BCUT2D eigenvalue weighted by Crippen LogP contribution is 2.29. The van der Waals surface area contributed by atoms with Crippen molar-refractivity contribution in [3.05, 3.63) is 52.0 Å². The van der Waals surface area contributed by atoms with E-state index >= 15 is 0 Å². The lowest BCUT2D eigenvalue weighted by atomic mass is 10.2. The molecule has 0 saturated carbocycles. The number of anilines is 3. The van der Waals surface area contributed by atoms with Crippen LogP contribution in [0.5, 0.6) is 0 Å². The lowest BCUT2D eigenvalue weighted by molar-refractivity contribution is 0.592. The molecule has 0 aromatic heterocycles. The van der Waals surface area contributed by atoms with E-state index in [1.165, 1.54) is 18.2 Å². The van der Waals surface area contributed by atoms with E-state index in [2.05, 4.69) is 5.32 Å². The van der Waals surface area contributed by atoms with Gasteiger partial charge in [-0.2, -0.15) is 0 Å². The highest BCUT2D eigenvalue weighted by atomic mass is 35.5. The van der Waals surface area contributed by atoms with E-state index in [0.717, 1.165) is 12.1 Å². The summed E-state index contributed by atoms with van der Waals surface area (Å²) in [7, 11) is 0. The van der Waals surface area contributed by atoms with Crippen LogP contribution in [0.1, 0.15) is 0 Å². The average molecular weight is 289 g/mol. The Morgan fingerprint density at radius 2 is 1.39 bits per heavy atom. The molecule has 2 aromatic rings. The molecule has 0 atom stereocenters. The molecular formula is C12H8Cl2F2N2. The fourth-order valence-corrected chi connectivity index (χ4v) is 2.01. The summed E-state index contributed by atoms with van der Waals surface area (Å²) < 4.78 is 27.1. The summed E-state index contributed by atoms with van der Waals surface area (Å²) in [5.41, 5.74) is 5.41. The third-order valence-electron chi connectivity index (χ3n) is 2.20. The lowest BCUT2D eigenvalue weighted by Crippen LogP contribution is -1.99. The molecule has 0 fully saturated rings. The smallest absolute Gasteiger partial charge is 0.151 e. The first-order valence-electron chi connectivity index (χ1n) is 4.93. The minimum atomic E-state index is -0.788. The predicted octanol–water partition coefficient (Wildman–Crippen LogP) is 4.60. The zero-order valence-corrected chi connectivity index (χ0v) is 10.5. The van der Waals surface area contributed by atoms with Gasteiger partial charge in [0, 0.05) is 21.4 Å². The molecule has 0 aliphatic rings. The SMILES string of the molecule is Nc1cc(F)c(Nc2cc(Cl)cc(Cl)c2)c(F)c1. The summed E-state index contributed by atoms with van der Waals surface area (Å²) in [5, 5.41) is 3.30. The largest absolute Gasteiger partial charge is 0.399 e. The maximum absolute atomic E-state index is 13.5. The molecule has 0 aliphatic carbocycles. The molecule has 2 aromatic carbocycles. The first-order chi connectivity index (χ1) is 8.45. The van der Waals surface area contributed by atoms with Crippen molar-refractivity contribution in [2.24, 2.45) is 0 Å². The van der Waals surface area contributed by atoms with Crippen molar-refractivity contribution in [2.75, 3.05) is 11.1 Å². The molecule has 0 unspecified atom stereocenters. The number of hydrogen-bond donors (Lipinski definition) is 2. The van der Waals surface area contributed by atoms with E-state index in [1.807, 2.05) is 0 Å². The summed E-state index contributed by atoms with van der Waals surface area (Å²) in [6.45, 7) is 0. The Labute approximate surface area is 112 Å². The summed E-state index contributed by atoms with van der Waals surface area (Å²) in [4.78, 5) is 0. The van der Waals surface area contributed by atoms with E-state index in [1.54, 1.807) is 0 Å². The number of benzene rings is 2. The minimum Gasteiger partial charge on any atom is -0.399 e.